The second-order valence-electron chi connectivity index (χ2n) is 5.52. The highest BCUT2D eigenvalue weighted by Crippen LogP contribution is 2.16. The number of carbonyl (C=O) groups is 1. The molecule has 0 aliphatic heterocycles. The molecule has 4 nitrogen and oxygen atoms in total. The number of carbonyl (C=O) groups excluding carboxylic acids is 1. The van der Waals surface area contributed by atoms with Gasteiger partial charge >= 0.3 is 0 Å². The van der Waals surface area contributed by atoms with Gasteiger partial charge in [-0.3, -0.25) is 9.78 Å². The van der Waals surface area contributed by atoms with E-state index in [2.05, 4.69) is 27.3 Å². The van der Waals surface area contributed by atoms with Crippen molar-refractivity contribution in [3.63, 3.8) is 0 Å². The first-order chi connectivity index (χ1) is 10.6. The average molecular weight is 297 g/mol. The lowest BCUT2D eigenvalue weighted by molar-refractivity contribution is 0.0934. The largest absolute Gasteiger partial charge is 0.370 e. The van der Waals surface area contributed by atoms with Crippen LogP contribution in [0.25, 0.3) is 0 Å². The van der Waals surface area contributed by atoms with E-state index in [4.69, 9.17) is 0 Å². The van der Waals surface area contributed by atoms with Gasteiger partial charge in [0.05, 0.1) is 0 Å². The summed E-state index contributed by atoms with van der Waals surface area (Å²) in [4.78, 5) is 18.4. The third-order valence-electron chi connectivity index (χ3n) is 3.67. The quantitative estimate of drug-likeness (QED) is 0.890. The summed E-state index contributed by atoms with van der Waals surface area (Å²) in [5, 5.41) is 2.94. The molecule has 0 bridgehead atoms. The van der Waals surface area contributed by atoms with Crippen molar-refractivity contribution < 1.29 is 4.79 Å². The van der Waals surface area contributed by atoms with E-state index in [0.717, 1.165) is 18.7 Å². The summed E-state index contributed by atoms with van der Waals surface area (Å²) >= 11 is 0. The highest BCUT2D eigenvalue weighted by atomic mass is 16.1. The molecule has 1 aromatic carbocycles. The van der Waals surface area contributed by atoms with E-state index in [1.807, 2.05) is 51.2 Å². The monoisotopic (exact) mass is 297 g/mol. The second-order valence-corrected chi connectivity index (χ2v) is 5.52. The van der Waals surface area contributed by atoms with Gasteiger partial charge in [0.2, 0.25) is 0 Å². The minimum atomic E-state index is -0.121. The molecule has 0 spiro atoms. The van der Waals surface area contributed by atoms with Gasteiger partial charge in [0.1, 0.15) is 5.69 Å². The molecule has 4 heteroatoms. The summed E-state index contributed by atoms with van der Waals surface area (Å²) < 4.78 is 0. The van der Waals surface area contributed by atoms with Crippen LogP contribution in [0, 0.1) is 0 Å². The number of anilines is 1. The number of amides is 1. The van der Waals surface area contributed by atoms with Gasteiger partial charge in [-0.1, -0.05) is 37.3 Å². The van der Waals surface area contributed by atoms with E-state index in [-0.39, 0.29) is 11.9 Å². The molecule has 0 radical (unpaired) electrons. The van der Waals surface area contributed by atoms with Crippen molar-refractivity contribution in [2.75, 3.05) is 11.9 Å². The molecule has 0 saturated carbocycles. The highest BCUT2D eigenvalue weighted by molar-refractivity contribution is 5.93. The topological polar surface area (TPSA) is 45.2 Å². The maximum atomic E-state index is 12.2. The van der Waals surface area contributed by atoms with E-state index < -0.39 is 0 Å². The molecule has 2 aromatic rings. The summed E-state index contributed by atoms with van der Waals surface area (Å²) in [6.07, 6.45) is 2.59. The average Bonchev–Trinajstić information content (AvgIpc) is 2.55. The Bertz CT molecular complexity index is 613. The van der Waals surface area contributed by atoms with Gasteiger partial charge < -0.3 is 10.2 Å². The van der Waals surface area contributed by atoms with E-state index in [0.29, 0.717) is 5.69 Å². The van der Waals surface area contributed by atoms with Crippen LogP contribution in [-0.4, -0.2) is 24.0 Å². The number of benzene rings is 1. The number of nitrogens with zero attached hydrogens (tertiary/aromatic N) is 2. The van der Waals surface area contributed by atoms with Gasteiger partial charge in [-0.05, 0) is 31.0 Å². The first-order valence-corrected chi connectivity index (χ1v) is 7.62. The van der Waals surface area contributed by atoms with Crippen LogP contribution in [0.3, 0.4) is 0 Å². The second kappa shape index (κ2) is 7.59. The maximum absolute atomic E-state index is 12.2. The molecule has 1 aromatic heterocycles. The van der Waals surface area contributed by atoms with Crippen LogP contribution in [0.15, 0.2) is 48.7 Å². The fourth-order valence-corrected chi connectivity index (χ4v) is 2.13. The molecule has 0 saturated heterocycles. The molecule has 1 heterocycles. The number of nitrogens with one attached hydrogen (secondary N) is 1. The lowest BCUT2D eigenvalue weighted by Gasteiger charge is -2.20. The third-order valence-corrected chi connectivity index (χ3v) is 3.67. The lowest BCUT2D eigenvalue weighted by atomic mass is 10.2. The zero-order chi connectivity index (χ0) is 15.9. The van der Waals surface area contributed by atoms with Crippen LogP contribution in [-0.2, 0) is 6.54 Å². The van der Waals surface area contributed by atoms with Crippen LogP contribution in [0.2, 0.25) is 0 Å². The molecular formula is C18H23N3O. The normalized spacial score (nSPS) is 11.8. The van der Waals surface area contributed by atoms with Crippen molar-refractivity contribution >= 4 is 11.6 Å². The molecule has 116 valence electrons. The predicted molar refractivity (Wildman–Crippen MR) is 90.0 cm³/mol. The van der Waals surface area contributed by atoms with E-state index in [1.54, 1.807) is 6.20 Å². The van der Waals surface area contributed by atoms with Gasteiger partial charge in [0.25, 0.3) is 5.91 Å². The first kappa shape index (κ1) is 16.0. The maximum Gasteiger partial charge on any atom is 0.270 e. The molecule has 22 heavy (non-hydrogen) atoms. The number of rotatable bonds is 6. The minimum Gasteiger partial charge on any atom is -0.370 e. The van der Waals surface area contributed by atoms with Crippen molar-refractivity contribution in [2.45, 2.75) is 32.9 Å². The highest BCUT2D eigenvalue weighted by Gasteiger charge is 2.11. The lowest BCUT2D eigenvalue weighted by Crippen LogP contribution is -2.32. The number of aromatic nitrogens is 1. The van der Waals surface area contributed by atoms with Crippen molar-refractivity contribution in [3.8, 4) is 0 Å². The van der Waals surface area contributed by atoms with Crippen molar-refractivity contribution in [1.29, 1.82) is 0 Å². The van der Waals surface area contributed by atoms with Gasteiger partial charge in [-0.2, -0.15) is 0 Å². The summed E-state index contributed by atoms with van der Waals surface area (Å²) in [5.41, 5.74) is 2.67. The first-order valence-electron chi connectivity index (χ1n) is 7.62. The van der Waals surface area contributed by atoms with Crippen LogP contribution in [0.4, 0.5) is 5.69 Å². The molecule has 2 rings (SSSR count). The zero-order valence-corrected chi connectivity index (χ0v) is 13.4. The predicted octanol–water partition coefficient (Wildman–Crippen LogP) is 3.25. The number of hydrogen-bond acceptors (Lipinski definition) is 3. The fourth-order valence-electron chi connectivity index (χ4n) is 2.13. The van der Waals surface area contributed by atoms with Crippen LogP contribution in [0.5, 0.6) is 0 Å². The van der Waals surface area contributed by atoms with E-state index in [1.165, 1.54) is 5.56 Å². The minimum absolute atomic E-state index is 0.121. The van der Waals surface area contributed by atoms with Gasteiger partial charge in [-0.15, -0.1) is 0 Å². The molecular weight excluding hydrogens is 274 g/mol. The van der Waals surface area contributed by atoms with Crippen LogP contribution in [0.1, 0.15) is 36.3 Å². The van der Waals surface area contributed by atoms with Crippen LogP contribution >= 0.6 is 0 Å². The molecule has 0 aliphatic carbocycles. The fraction of sp³-hybridized carbons (Fsp3) is 0.333. The van der Waals surface area contributed by atoms with Gasteiger partial charge in [0.15, 0.2) is 0 Å². The third kappa shape index (κ3) is 4.32. The number of pyridine rings is 1. The number of hydrogen-bond donors (Lipinski definition) is 1. The molecule has 0 fully saturated rings. The van der Waals surface area contributed by atoms with Crippen molar-refractivity contribution in [2.24, 2.45) is 0 Å². The Balaban J connectivity index is 2.09. The molecule has 0 aliphatic rings. The van der Waals surface area contributed by atoms with E-state index >= 15 is 0 Å². The molecule has 1 atom stereocenters. The summed E-state index contributed by atoms with van der Waals surface area (Å²) in [5.74, 6) is -0.121. The van der Waals surface area contributed by atoms with Crippen molar-refractivity contribution in [3.05, 3.63) is 59.9 Å². The Morgan fingerprint density at radius 3 is 2.68 bits per heavy atom. The van der Waals surface area contributed by atoms with Crippen molar-refractivity contribution in [1.82, 2.24) is 10.3 Å². The molecule has 1 unspecified atom stereocenters. The summed E-state index contributed by atoms with van der Waals surface area (Å²) in [6, 6.07) is 14.2. The Morgan fingerprint density at radius 1 is 1.27 bits per heavy atom. The Hall–Kier alpha value is -2.36. The van der Waals surface area contributed by atoms with Gasteiger partial charge in [-0.25, -0.2) is 0 Å². The standard InChI is InChI=1S/C18H23N3O/c1-4-14(2)20-18(22)17-12-16(10-11-19-17)21(3)13-15-8-6-5-7-9-15/h5-12,14H,4,13H2,1-3H3,(H,20,22). The smallest absolute Gasteiger partial charge is 0.270 e. The Kier molecular flexibility index (Phi) is 5.53. The zero-order valence-electron chi connectivity index (χ0n) is 13.4. The van der Waals surface area contributed by atoms with Crippen LogP contribution < -0.4 is 10.2 Å². The SMILES string of the molecule is CCC(C)NC(=O)c1cc(N(C)Cc2ccccc2)ccn1. The Labute approximate surface area is 132 Å². The van der Waals surface area contributed by atoms with Gasteiger partial charge in [0, 0.05) is 31.5 Å². The molecule has 1 N–H and O–H groups in total. The summed E-state index contributed by atoms with van der Waals surface area (Å²) in [7, 11) is 2.01. The molecule has 1 amide bonds. The Morgan fingerprint density at radius 2 is 2.00 bits per heavy atom. The van der Waals surface area contributed by atoms with E-state index in [9.17, 15) is 4.79 Å². The summed E-state index contributed by atoms with van der Waals surface area (Å²) in [6.45, 7) is 4.82.